The van der Waals surface area contributed by atoms with E-state index in [4.69, 9.17) is 46.4 Å². The Morgan fingerprint density at radius 3 is 2.20 bits per heavy atom. The lowest BCUT2D eigenvalue weighted by Crippen LogP contribution is -2.52. The third-order valence-electron chi connectivity index (χ3n) is 4.65. The van der Waals surface area contributed by atoms with Crippen LogP contribution in [0, 0.1) is 0 Å². The van der Waals surface area contributed by atoms with Crippen molar-refractivity contribution in [2.75, 3.05) is 19.6 Å². The Bertz CT molecular complexity index is 707. The summed E-state index contributed by atoms with van der Waals surface area (Å²) in [5, 5.41) is -0.128. The average molecular weight is 425 g/mol. The van der Waals surface area contributed by atoms with Crippen molar-refractivity contribution < 1.29 is 9.59 Å². The molecule has 5 nitrogen and oxygen atoms in total. The number of amides is 2. The first-order valence-electron chi connectivity index (χ1n) is 8.21. The predicted molar refractivity (Wildman–Crippen MR) is 98.8 cm³/mol. The number of piperidine rings is 1. The van der Waals surface area contributed by atoms with Crippen molar-refractivity contribution in [2.24, 2.45) is 0 Å². The van der Waals surface area contributed by atoms with E-state index >= 15 is 0 Å². The number of pyridine rings is 1. The van der Waals surface area contributed by atoms with Crippen LogP contribution in [0.15, 0.2) is 0 Å². The van der Waals surface area contributed by atoms with Crippen molar-refractivity contribution in [3.63, 3.8) is 0 Å². The van der Waals surface area contributed by atoms with Gasteiger partial charge in [-0.3, -0.25) is 9.59 Å². The molecule has 0 aromatic carbocycles. The molecule has 2 aliphatic rings. The van der Waals surface area contributed by atoms with Gasteiger partial charge in [0.15, 0.2) is 0 Å². The van der Waals surface area contributed by atoms with Crippen molar-refractivity contribution >= 4 is 58.2 Å². The van der Waals surface area contributed by atoms with Crippen molar-refractivity contribution in [2.45, 2.75) is 38.1 Å². The number of hydrogen-bond donors (Lipinski definition) is 0. The van der Waals surface area contributed by atoms with E-state index in [1.807, 2.05) is 4.90 Å². The molecule has 2 aliphatic heterocycles. The number of aromatic nitrogens is 1. The monoisotopic (exact) mass is 423 g/mol. The summed E-state index contributed by atoms with van der Waals surface area (Å²) in [6, 6.07) is -0.495. The van der Waals surface area contributed by atoms with E-state index in [1.54, 1.807) is 4.90 Å². The zero-order chi connectivity index (χ0) is 18.1. The van der Waals surface area contributed by atoms with Gasteiger partial charge < -0.3 is 9.80 Å². The number of carbonyl (C=O) groups excluding carboxylic acids is 2. The van der Waals surface area contributed by atoms with Crippen LogP contribution in [0.3, 0.4) is 0 Å². The smallest absolute Gasteiger partial charge is 0.274 e. The summed E-state index contributed by atoms with van der Waals surface area (Å²) in [5.41, 5.74) is -0.0674. The molecule has 0 aliphatic carbocycles. The maximum Gasteiger partial charge on any atom is 0.274 e. The lowest BCUT2D eigenvalue weighted by atomic mass is 10.00. The average Bonchev–Trinajstić information content (AvgIpc) is 3.16. The fourth-order valence-corrected chi connectivity index (χ4v) is 4.15. The molecule has 25 heavy (non-hydrogen) atoms. The molecule has 2 saturated heterocycles. The Labute approximate surface area is 166 Å². The third kappa shape index (κ3) is 3.70. The summed E-state index contributed by atoms with van der Waals surface area (Å²) in [6.45, 7) is 1.96. The summed E-state index contributed by atoms with van der Waals surface area (Å²) in [5.74, 6) is -0.449. The Morgan fingerprint density at radius 2 is 1.52 bits per heavy atom. The molecule has 1 unspecified atom stereocenters. The zero-order valence-corrected chi connectivity index (χ0v) is 16.4. The minimum Gasteiger partial charge on any atom is -0.341 e. The fourth-order valence-electron chi connectivity index (χ4n) is 3.34. The van der Waals surface area contributed by atoms with Crippen LogP contribution in [0.5, 0.6) is 0 Å². The molecule has 1 atom stereocenters. The summed E-state index contributed by atoms with van der Waals surface area (Å²) in [6.07, 6.45) is 4.36. The molecule has 0 saturated carbocycles. The second-order valence-electron chi connectivity index (χ2n) is 6.24. The van der Waals surface area contributed by atoms with E-state index in [1.165, 1.54) is 0 Å². The van der Waals surface area contributed by atoms with Gasteiger partial charge in [-0.05, 0) is 32.1 Å². The van der Waals surface area contributed by atoms with E-state index in [9.17, 15) is 9.59 Å². The zero-order valence-electron chi connectivity index (χ0n) is 13.4. The summed E-state index contributed by atoms with van der Waals surface area (Å²) < 4.78 is 0. The highest BCUT2D eigenvalue weighted by atomic mass is 35.5. The van der Waals surface area contributed by atoms with Gasteiger partial charge in [0.1, 0.15) is 16.9 Å². The molecular weight excluding hydrogens is 408 g/mol. The van der Waals surface area contributed by atoms with Crippen molar-refractivity contribution in [3.8, 4) is 0 Å². The van der Waals surface area contributed by atoms with E-state index < -0.39 is 11.9 Å². The van der Waals surface area contributed by atoms with E-state index in [-0.39, 0.29) is 31.8 Å². The van der Waals surface area contributed by atoms with Crippen molar-refractivity contribution in [1.82, 2.24) is 14.8 Å². The first-order valence-corrected chi connectivity index (χ1v) is 9.72. The highest BCUT2D eigenvalue weighted by molar-refractivity contribution is 6.52. The van der Waals surface area contributed by atoms with Crippen LogP contribution in [-0.4, -0.2) is 52.3 Å². The minimum atomic E-state index is -0.495. The SMILES string of the molecule is O=C(C1CCCCN1C(=O)c1nc(Cl)c(Cl)c(Cl)c1Cl)N1CCCC1. The van der Waals surface area contributed by atoms with Gasteiger partial charge >= 0.3 is 0 Å². The Hall–Kier alpha value is -0.750. The highest BCUT2D eigenvalue weighted by Gasteiger charge is 2.37. The second kappa shape index (κ2) is 7.87. The van der Waals surface area contributed by atoms with Crippen LogP contribution in [0.25, 0.3) is 0 Å². The lowest BCUT2D eigenvalue weighted by molar-refractivity contribution is -0.136. The molecule has 1 aromatic heterocycles. The molecule has 0 radical (unpaired) electrons. The summed E-state index contributed by atoms with van der Waals surface area (Å²) >= 11 is 24.1. The van der Waals surface area contributed by atoms with Gasteiger partial charge in [-0.1, -0.05) is 46.4 Å². The van der Waals surface area contributed by atoms with Crippen LogP contribution >= 0.6 is 46.4 Å². The second-order valence-corrected chi connectivity index (χ2v) is 7.73. The molecule has 9 heteroatoms. The number of nitrogens with zero attached hydrogens (tertiary/aromatic N) is 3. The Balaban J connectivity index is 1.90. The number of halogens is 4. The first kappa shape index (κ1) is 19.0. The van der Waals surface area contributed by atoms with Crippen LogP contribution < -0.4 is 0 Å². The maximum absolute atomic E-state index is 13.0. The summed E-state index contributed by atoms with van der Waals surface area (Å²) in [4.78, 5) is 33.2. The van der Waals surface area contributed by atoms with Gasteiger partial charge in [0.05, 0.1) is 15.1 Å². The number of rotatable bonds is 2. The van der Waals surface area contributed by atoms with Gasteiger partial charge in [0, 0.05) is 19.6 Å². The van der Waals surface area contributed by atoms with Crippen molar-refractivity contribution in [3.05, 3.63) is 25.9 Å². The predicted octanol–water partition coefficient (Wildman–Crippen LogP) is 4.31. The largest absolute Gasteiger partial charge is 0.341 e. The molecule has 136 valence electrons. The molecule has 1 aromatic rings. The van der Waals surface area contributed by atoms with Gasteiger partial charge in [-0.2, -0.15) is 0 Å². The number of likely N-dealkylation sites (tertiary alicyclic amines) is 2. The van der Waals surface area contributed by atoms with Gasteiger partial charge in [0.25, 0.3) is 5.91 Å². The normalized spacial score (nSPS) is 20.9. The minimum absolute atomic E-state index is 0.00664. The molecule has 0 bridgehead atoms. The molecule has 3 heterocycles. The lowest BCUT2D eigenvalue weighted by Gasteiger charge is -2.36. The van der Waals surface area contributed by atoms with E-state index in [0.29, 0.717) is 13.0 Å². The quantitative estimate of drug-likeness (QED) is 0.664. The van der Waals surface area contributed by atoms with Gasteiger partial charge in [-0.25, -0.2) is 4.98 Å². The maximum atomic E-state index is 13.0. The first-order chi connectivity index (χ1) is 11.9. The standard InChI is InChI=1S/C16H17Cl4N3O2/c17-10-11(18)13(21-14(20)12(10)19)16(25)23-8-2-1-5-9(23)15(24)22-6-3-4-7-22/h9H,1-8H2. The molecule has 3 rings (SSSR count). The molecule has 2 amide bonds. The van der Waals surface area contributed by atoms with Gasteiger partial charge in [-0.15, -0.1) is 0 Å². The Kier molecular flexibility index (Phi) is 5.99. The molecule has 0 N–H and O–H groups in total. The fraction of sp³-hybridized carbons (Fsp3) is 0.562. The van der Waals surface area contributed by atoms with Crippen LogP contribution in [0.2, 0.25) is 20.2 Å². The molecular formula is C16H17Cl4N3O2. The Morgan fingerprint density at radius 1 is 0.880 bits per heavy atom. The van der Waals surface area contributed by atoms with Crippen LogP contribution in [0.4, 0.5) is 0 Å². The van der Waals surface area contributed by atoms with Crippen LogP contribution in [0.1, 0.15) is 42.6 Å². The van der Waals surface area contributed by atoms with E-state index in [2.05, 4.69) is 4.98 Å². The van der Waals surface area contributed by atoms with Gasteiger partial charge in [0.2, 0.25) is 5.91 Å². The summed E-state index contributed by atoms with van der Waals surface area (Å²) in [7, 11) is 0. The van der Waals surface area contributed by atoms with Crippen molar-refractivity contribution in [1.29, 1.82) is 0 Å². The molecule has 2 fully saturated rings. The number of carbonyl (C=O) groups is 2. The van der Waals surface area contributed by atoms with E-state index in [0.717, 1.165) is 38.8 Å². The van der Waals surface area contributed by atoms with Crippen LogP contribution in [-0.2, 0) is 4.79 Å². The third-order valence-corrected chi connectivity index (χ3v) is 6.33. The topological polar surface area (TPSA) is 53.5 Å². The number of hydrogen-bond acceptors (Lipinski definition) is 3. The molecule has 0 spiro atoms. The highest BCUT2D eigenvalue weighted by Crippen LogP contribution is 2.37.